The largest absolute Gasteiger partial charge is 0.375 e. The van der Waals surface area contributed by atoms with Crippen molar-refractivity contribution in [2.24, 2.45) is 11.3 Å². The van der Waals surface area contributed by atoms with Crippen molar-refractivity contribution < 1.29 is 0 Å². The number of hydrogen-bond donors (Lipinski definition) is 0. The van der Waals surface area contributed by atoms with E-state index in [-0.39, 0.29) is 0 Å². The number of likely N-dealkylation sites (tertiary alicyclic amines) is 1. The maximum Gasteiger partial charge on any atom is 0.0177 e. The molecule has 1 heterocycles. The van der Waals surface area contributed by atoms with Gasteiger partial charge in [-0.1, -0.05) is 34.3 Å². The minimum atomic E-state index is 0.375. The molecule has 0 amide bonds. The SMILES string of the molecule is C=C(CC(C)(C)C)N1CCC(C)CC1. The van der Waals surface area contributed by atoms with Gasteiger partial charge in [0, 0.05) is 18.8 Å². The molecule has 0 spiro atoms. The molecule has 0 aromatic heterocycles. The highest BCUT2D eigenvalue weighted by atomic mass is 15.1. The summed E-state index contributed by atoms with van der Waals surface area (Å²) in [4.78, 5) is 2.48. The molecule has 1 aliphatic heterocycles. The van der Waals surface area contributed by atoms with Crippen LogP contribution in [-0.2, 0) is 0 Å². The average Bonchev–Trinajstić information content (AvgIpc) is 2.02. The predicted molar refractivity (Wildman–Crippen MR) is 63.2 cm³/mol. The number of allylic oxidation sites excluding steroid dienone is 1. The molecule has 1 nitrogen and oxygen atoms in total. The third-order valence-corrected chi connectivity index (χ3v) is 2.97. The van der Waals surface area contributed by atoms with Gasteiger partial charge in [-0.2, -0.15) is 0 Å². The molecular formula is C13H25N. The summed E-state index contributed by atoms with van der Waals surface area (Å²) in [5, 5.41) is 0. The molecule has 0 N–H and O–H groups in total. The van der Waals surface area contributed by atoms with Gasteiger partial charge in [-0.15, -0.1) is 0 Å². The number of rotatable bonds is 2. The van der Waals surface area contributed by atoms with Crippen molar-refractivity contribution in [3.8, 4) is 0 Å². The molecule has 0 aliphatic carbocycles. The molecule has 0 atom stereocenters. The Labute approximate surface area is 89.2 Å². The highest BCUT2D eigenvalue weighted by Crippen LogP contribution is 2.27. The predicted octanol–water partition coefficient (Wildman–Crippen LogP) is 3.67. The van der Waals surface area contributed by atoms with Crippen LogP contribution in [0.3, 0.4) is 0 Å². The lowest BCUT2D eigenvalue weighted by molar-refractivity contribution is 0.216. The fraction of sp³-hybridized carbons (Fsp3) is 0.846. The maximum atomic E-state index is 4.21. The van der Waals surface area contributed by atoms with Crippen molar-refractivity contribution in [2.45, 2.75) is 47.0 Å². The molecule has 0 bridgehead atoms. The highest BCUT2D eigenvalue weighted by molar-refractivity contribution is 4.98. The smallest absolute Gasteiger partial charge is 0.0177 e. The Kier molecular flexibility index (Phi) is 3.63. The van der Waals surface area contributed by atoms with E-state index in [0.29, 0.717) is 5.41 Å². The highest BCUT2D eigenvalue weighted by Gasteiger charge is 2.20. The number of piperidine rings is 1. The fourth-order valence-corrected chi connectivity index (χ4v) is 2.05. The molecule has 14 heavy (non-hydrogen) atoms. The summed E-state index contributed by atoms with van der Waals surface area (Å²) >= 11 is 0. The van der Waals surface area contributed by atoms with Crippen molar-refractivity contribution in [1.29, 1.82) is 0 Å². The Balaban J connectivity index is 2.38. The monoisotopic (exact) mass is 195 g/mol. The first-order chi connectivity index (χ1) is 6.38. The third-order valence-electron chi connectivity index (χ3n) is 2.97. The molecular weight excluding hydrogens is 170 g/mol. The van der Waals surface area contributed by atoms with Crippen LogP contribution in [0.2, 0.25) is 0 Å². The first-order valence-corrected chi connectivity index (χ1v) is 5.81. The number of hydrogen-bond acceptors (Lipinski definition) is 1. The fourth-order valence-electron chi connectivity index (χ4n) is 2.05. The molecule has 0 radical (unpaired) electrons. The maximum absolute atomic E-state index is 4.21. The second kappa shape index (κ2) is 4.37. The molecule has 1 rings (SSSR count). The van der Waals surface area contributed by atoms with Gasteiger partial charge in [0.15, 0.2) is 0 Å². The summed E-state index contributed by atoms with van der Waals surface area (Å²) in [6.07, 6.45) is 3.80. The zero-order chi connectivity index (χ0) is 10.8. The summed E-state index contributed by atoms with van der Waals surface area (Å²) < 4.78 is 0. The molecule has 1 aliphatic rings. The molecule has 1 heteroatoms. The van der Waals surface area contributed by atoms with Crippen molar-refractivity contribution in [1.82, 2.24) is 4.90 Å². The zero-order valence-electron chi connectivity index (χ0n) is 10.3. The van der Waals surface area contributed by atoms with Gasteiger partial charge < -0.3 is 4.90 Å². The summed E-state index contributed by atoms with van der Waals surface area (Å²) in [7, 11) is 0. The first kappa shape index (κ1) is 11.6. The quantitative estimate of drug-likeness (QED) is 0.650. The van der Waals surface area contributed by atoms with E-state index in [1.165, 1.54) is 31.6 Å². The van der Waals surface area contributed by atoms with Crippen molar-refractivity contribution >= 4 is 0 Å². The summed E-state index contributed by atoms with van der Waals surface area (Å²) in [6, 6.07) is 0. The van der Waals surface area contributed by atoms with Gasteiger partial charge in [-0.3, -0.25) is 0 Å². The van der Waals surface area contributed by atoms with Gasteiger partial charge in [0.2, 0.25) is 0 Å². The van der Waals surface area contributed by atoms with Crippen molar-refractivity contribution in [2.75, 3.05) is 13.1 Å². The van der Waals surface area contributed by atoms with Crippen molar-refractivity contribution in [3.63, 3.8) is 0 Å². The van der Waals surface area contributed by atoms with Gasteiger partial charge in [0.05, 0.1) is 0 Å². The number of nitrogens with zero attached hydrogens (tertiary/aromatic N) is 1. The second-order valence-corrected chi connectivity index (χ2v) is 5.97. The molecule has 0 aromatic rings. The van der Waals surface area contributed by atoms with Crippen LogP contribution in [0.25, 0.3) is 0 Å². The Morgan fingerprint density at radius 1 is 1.29 bits per heavy atom. The second-order valence-electron chi connectivity index (χ2n) is 5.97. The van der Waals surface area contributed by atoms with Gasteiger partial charge in [0.1, 0.15) is 0 Å². The van der Waals surface area contributed by atoms with Crippen LogP contribution in [0.1, 0.15) is 47.0 Å². The molecule has 0 saturated carbocycles. The summed E-state index contributed by atoms with van der Waals surface area (Å²) in [6.45, 7) is 15.8. The average molecular weight is 195 g/mol. The first-order valence-electron chi connectivity index (χ1n) is 5.81. The molecule has 0 aromatic carbocycles. The van der Waals surface area contributed by atoms with Gasteiger partial charge >= 0.3 is 0 Å². The van der Waals surface area contributed by atoms with Crippen LogP contribution in [0.4, 0.5) is 0 Å². The lowest BCUT2D eigenvalue weighted by atomic mass is 9.89. The Hall–Kier alpha value is -0.460. The molecule has 82 valence electrons. The Morgan fingerprint density at radius 3 is 2.21 bits per heavy atom. The summed E-state index contributed by atoms with van der Waals surface area (Å²) in [5.41, 5.74) is 1.71. The van der Waals surface area contributed by atoms with Gasteiger partial charge in [-0.05, 0) is 30.6 Å². The third kappa shape index (κ3) is 3.73. The normalized spacial score (nSPS) is 19.9. The Bertz CT molecular complexity index is 192. The standard InChI is InChI=1S/C13H25N/c1-11-6-8-14(9-7-11)12(2)10-13(3,4)5/h11H,2,6-10H2,1,3-5H3. The van der Waals surface area contributed by atoms with E-state index in [4.69, 9.17) is 0 Å². The minimum Gasteiger partial charge on any atom is -0.375 e. The van der Waals surface area contributed by atoms with E-state index in [0.717, 1.165) is 12.3 Å². The van der Waals surface area contributed by atoms with Crippen LogP contribution in [0, 0.1) is 11.3 Å². The van der Waals surface area contributed by atoms with Crippen LogP contribution in [-0.4, -0.2) is 18.0 Å². The van der Waals surface area contributed by atoms with E-state index in [1.54, 1.807) is 0 Å². The van der Waals surface area contributed by atoms with Gasteiger partial charge in [0.25, 0.3) is 0 Å². The molecule has 0 unspecified atom stereocenters. The molecule has 1 saturated heterocycles. The van der Waals surface area contributed by atoms with Gasteiger partial charge in [-0.25, -0.2) is 0 Å². The summed E-state index contributed by atoms with van der Waals surface area (Å²) in [5.74, 6) is 0.911. The van der Waals surface area contributed by atoms with Crippen LogP contribution in [0.5, 0.6) is 0 Å². The van der Waals surface area contributed by atoms with Crippen LogP contribution < -0.4 is 0 Å². The van der Waals surface area contributed by atoms with E-state index in [2.05, 4.69) is 39.2 Å². The lowest BCUT2D eigenvalue weighted by Gasteiger charge is -2.35. The zero-order valence-corrected chi connectivity index (χ0v) is 10.3. The topological polar surface area (TPSA) is 3.24 Å². The minimum absolute atomic E-state index is 0.375. The van der Waals surface area contributed by atoms with E-state index in [9.17, 15) is 0 Å². The van der Waals surface area contributed by atoms with Crippen LogP contribution in [0.15, 0.2) is 12.3 Å². The van der Waals surface area contributed by atoms with Crippen LogP contribution >= 0.6 is 0 Å². The Morgan fingerprint density at radius 2 is 1.79 bits per heavy atom. The van der Waals surface area contributed by atoms with E-state index in [1.807, 2.05) is 0 Å². The van der Waals surface area contributed by atoms with Crippen molar-refractivity contribution in [3.05, 3.63) is 12.3 Å². The van der Waals surface area contributed by atoms with E-state index >= 15 is 0 Å². The lowest BCUT2D eigenvalue weighted by Crippen LogP contribution is -2.33. The van der Waals surface area contributed by atoms with E-state index < -0.39 is 0 Å². The molecule has 1 fully saturated rings.